The van der Waals surface area contributed by atoms with E-state index in [-0.39, 0.29) is 0 Å². The van der Waals surface area contributed by atoms with Crippen molar-refractivity contribution in [3.05, 3.63) is 71.8 Å². The van der Waals surface area contributed by atoms with Crippen molar-refractivity contribution in [3.63, 3.8) is 0 Å². The van der Waals surface area contributed by atoms with E-state index in [0.717, 1.165) is 18.0 Å². The molecule has 24 heavy (non-hydrogen) atoms. The van der Waals surface area contributed by atoms with Gasteiger partial charge in [0.15, 0.2) is 11.5 Å². The Hall–Kier alpha value is -2.52. The summed E-state index contributed by atoms with van der Waals surface area (Å²) < 4.78 is 11.8. The fourth-order valence-electron chi connectivity index (χ4n) is 2.83. The number of hydrogen-bond acceptors (Lipinski definition) is 3. The summed E-state index contributed by atoms with van der Waals surface area (Å²) in [5.41, 5.74) is 2.35. The summed E-state index contributed by atoms with van der Waals surface area (Å²) >= 11 is 0. The molecule has 3 heteroatoms. The monoisotopic (exact) mass is 321 g/mol. The summed E-state index contributed by atoms with van der Waals surface area (Å²) in [6, 6.07) is 20.8. The van der Waals surface area contributed by atoms with Crippen molar-refractivity contribution in [1.29, 1.82) is 0 Å². The molecule has 0 aliphatic heterocycles. The van der Waals surface area contributed by atoms with Gasteiger partial charge in [0.1, 0.15) is 6.61 Å². The van der Waals surface area contributed by atoms with Crippen molar-refractivity contribution in [3.8, 4) is 11.5 Å². The Balaban J connectivity index is 1.82. The maximum Gasteiger partial charge on any atom is 0.161 e. The summed E-state index contributed by atoms with van der Waals surface area (Å²) in [4.78, 5) is 0. The lowest BCUT2D eigenvalue weighted by Gasteiger charge is -2.14. The molecule has 0 aliphatic rings. The van der Waals surface area contributed by atoms with Gasteiger partial charge in [-0.1, -0.05) is 48.5 Å². The Labute approximate surface area is 143 Å². The molecule has 0 atom stereocenters. The zero-order valence-electron chi connectivity index (χ0n) is 14.2. The highest BCUT2D eigenvalue weighted by Crippen LogP contribution is 2.30. The molecular weight excluding hydrogens is 298 g/mol. The minimum Gasteiger partial charge on any atom is -0.490 e. The number of rotatable bonds is 7. The molecule has 0 unspecified atom stereocenters. The van der Waals surface area contributed by atoms with Gasteiger partial charge in [-0.25, -0.2) is 0 Å². The molecule has 0 aromatic heterocycles. The molecule has 0 spiro atoms. The number of ether oxygens (including phenoxy) is 2. The fourth-order valence-corrected chi connectivity index (χ4v) is 2.83. The molecule has 0 radical (unpaired) electrons. The van der Waals surface area contributed by atoms with Crippen LogP contribution in [0.5, 0.6) is 11.5 Å². The van der Waals surface area contributed by atoms with Crippen LogP contribution in [-0.4, -0.2) is 13.7 Å². The quantitative estimate of drug-likeness (QED) is 0.693. The van der Waals surface area contributed by atoms with E-state index >= 15 is 0 Å². The Kier molecular flexibility index (Phi) is 5.34. The molecule has 0 saturated heterocycles. The third-order valence-corrected chi connectivity index (χ3v) is 3.95. The summed E-state index contributed by atoms with van der Waals surface area (Å²) in [7, 11) is 1.94. The Morgan fingerprint density at radius 1 is 0.875 bits per heavy atom. The molecule has 0 bridgehead atoms. The Bertz CT molecular complexity index is 809. The van der Waals surface area contributed by atoms with Crippen LogP contribution in [-0.2, 0) is 13.2 Å². The first-order valence-electron chi connectivity index (χ1n) is 8.31. The van der Waals surface area contributed by atoms with E-state index in [1.165, 1.54) is 21.9 Å². The molecule has 3 rings (SSSR count). The van der Waals surface area contributed by atoms with E-state index in [0.29, 0.717) is 13.2 Å². The van der Waals surface area contributed by atoms with Crippen molar-refractivity contribution in [2.24, 2.45) is 0 Å². The predicted octanol–water partition coefficient (Wildman–Crippen LogP) is 4.54. The van der Waals surface area contributed by atoms with Gasteiger partial charge in [-0.3, -0.25) is 0 Å². The van der Waals surface area contributed by atoms with E-state index < -0.39 is 0 Å². The molecule has 3 aromatic rings. The minimum absolute atomic E-state index is 0.521. The molecule has 0 saturated carbocycles. The zero-order valence-corrected chi connectivity index (χ0v) is 14.2. The van der Waals surface area contributed by atoms with Crippen LogP contribution >= 0.6 is 0 Å². The van der Waals surface area contributed by atoms with E-state index in [2.05, 4.69) is 53.8 Å². The van der Waals surface area contributed by atoms with Crippen molar-refractivity contribution in [1.82, 2.24) is 5.32 Å². The van der Waals surface area contributed by atoms with E-state index in [9.17, 15) is 0 Å². The molecule has 0 aliphatic carbocycles. The van der Waals surface area contributed by atoms with Gasteiger partial charge >= 0.3 is 0 Å². The third kappa shape index (κ3) is 3.69. The van der Waals surface area contributed by atoms with Crippen molar-refractivity contribution < 1.29 is 9.47 Å². The smallest absolute Gasteiger partial charge is 0.161 e. The zero-order chi connectivity index (χ0) is 16.8. The van der Waals surface area contributed by atoms with Crippen LogP contribution in [0, 0.1) is 0 Å². The van der Waals surface area contributed by atoms with E-state index in [1.807, 2.05) is 26.1 Å². The van der Waals surface area contributed by atoms with Gasteiger partial charge in [0, 0.05) is 6.54 Å². The van der Waals surface area contributed by atoms with E-state index in [4.69, 9.17) is 9.47 Å². The van der Waals surface area contributed by atoms with Gasteiger partial charge < -0.3 is 14.8 Å². The van der Waals surface area contributed by atoms with Crippen molar-refractivity contribution >= 4 is 10.8 Å². The van der Waals surface area contributed by atoms with Gasteiger partial charge in [0.25, 0.3) is 0 Å². The van der Waals surface area contributed by atoms with Crippen LogP contribution in [0.3, 0.4) is 0 Å². The lowest BCUT2D eigenvalue weighted by Crippen LogP contribution is -2.06. The summed E-state index contributed by atoms with van der Waals surface area (Å²) in [5.74, 6) is 1.58. The summed E-state index contributed by atoms with van der Waals surface area (Å²) in [6.45, 7) is 3.93. The summed E-state index contributed by atoms with van der Waals surface area (Å²) in [6.07, 6.45) is 0. The average molecular weight is 321 g/mol. The second kappa shape index (κ2) is 7.84. The van der Waals surface area contributed by atoms with Gasteiger partial charge in [-0.2, -0.15) is 0 Å². The Morgan fingerprint density at radius 2 is 1.71 bits per heavy atom. The highest BCUT2D eigenvalue weighted by molar-refractivity contribution is 5.85. The second-order valence-corrected chi connectivity index (χ2v) is 5.67. The largest absolute Gasteiger partial charge is 0.490 e. The number of hydrogen-bond donors (Lipinski definition) is 1. The van der Waals surface area contributed by atoms with Crippen LogP contribution in [0.25, 0.3) is 10.8 Å². The maximum atomic E-state index is 6.07. The highest BCUT2D eigenvalue weighted by atomic mass is 16.5. The molecular formula is C21H23NO2. The molecule has 0 heterocycles. The van der Waals surface area contributed by atoms with Gasteiger partial charge in [-0.05, 0) is 48.0 Å². The predicted molar refractivity (Wildman–Crippen MR) is 98.7 cm³/mol. The normalized spacial score (nSPS) is 10.8. The van der Waals surface area contributed by atoms with Gasteiger partial charge in [0.2, 0.25) is 0 Å². The molecule has 1 N–H and O–H groups in total. The van der Waals surface area contributed by atoms with Crippen LogP contribution in [0.2, 0.25) is 0 Å². The third-order valence-electron chi connectivity index (χ3n) is 3.95. The maximum absolute atomic E-state index is 6.07. The molecule has 124 valence electrons. The minimum atomic E-state index is 0.521. The van der Waals surface area contributed by atoms with Crippen LogP contribution in [0.1, 0.15) is 18.1 Å². The first-order chi connectivity index (χ1) is 11.8. The first kappa shape index (κ1) is 16.3. The summed E-state index contributed by atoms with van der Waals surface area (Å²) in [5, 5.41) is 5.61. The number of nitrogens with one attached hydrogen (secondary N) is 1. The standard InChI is InChI=1S/C21H23NO2/c1-3-23-21-13-16(14-22-2)11-12-20(21)24-15-18-9-6-8-17-7-4-5-10-19(17)18/h4-13,22H,3,14-15H2,1-2H3. The van der Waals surface area contributed by atoms with Crippen molar-refractivity contribution in [2.45, 2.75) is 20.1 Å². The molecule has 0 amide bonds. The molecule has 3 aromatic carbocycles. The topological polar surface area (TPSA) is 30.5 Å². The van der Waals surface area contributed by atoms with Crippen LogP contribution in [0.15, 0.2) is 60.7 Å². The molecule has 0 fully saturated rings. The van der Waals surface area contributed by atoms with Crippen LogP contribution < -0.4 is 14.8 Å². The number of benzene rings is 3. The highest BCUT2D eigenvalue weighted by Gasteiger charge is 2.08. The SMILES string of the molecule is CCOc1cc(CNC)ccc1OCc1cccc2ccccc12. The van der Waals surface area contributed by atoms with Crippen molar-refractivity contribution in [2.75, 3.05) is 13.7 Å². The molecule has 3 nitrogen and oxygen atoms in total. The van der Waals surface area contributed by atoms with Crippen LogP contribution in [0.4, 0.5) is 0 Å². The van der Waals surface area contributed by atoms with Gasteiger partial charge in [0.05, 0.1) is 6.61 Å². The second-order valence-electron chi connectivity index (χ2n) is 5.67. The fraction of sp³-hybridized carbons (Fsp3) is 0.238. The lowest BCUT2D eigenvalue weighted by molar-refractivity contribution is 0.270. The Morgan fingerprint density at radius 3 is 2.54 bits per heavy atom. The first-order valence-corrected chi connectivity index (χ1v) is 8.31. The van der Waals surface area contributed by atoms with Gasteiger partial charge in [-0.15, -0.1) is 0 Å². The lowest BCUT2D eigenvalue weighted by atomic mass is 10.1. The van der Waals surface area contributed by atoms with E-state index in [1.54, 1.807) is 0 Å². The number of fused-ring (bicyclic) bond motifs is 1. The average Bonchev–Trinajstić information content (AvgIpc) is 2.61.